The molecular weight excluding hydrogens is 290 g/mol. The first-order valence-electron chi connectivity index (χ1n) is 7.37. The first-order chi connectivity index (χ1) is 11.2. The smallest absolute Gasteiger partial charge is 0.249 e. The number of carbonyl (C=O) groups excluding carboxylic acids is 1. The lowest BCUT2D eigenvalue weighted by Gasteiger charge is -2.17. The number of anilines is 1. The van der Waals surface area contributed by atoms with E-state index in [4.69, 9.17) is 0 Å². The van der Waals surface area contributed by atoms with Crippen LogP contribution >= 0.6 is 0 Å². The summed E-state index contributed by atoms with van der Waals surface area (Å²) < 4.78 is 1.49. The lowest BCUT2D eigenvalue weighted by molar-refractivity contribution is -0.119. The maximum Gasteiger partial charge on any atom is 0.249 e. The molecule has 0 bridgehead atoms. The first kappa shape index (κ1) is 14.9. The second-order valence-electron chi connectivity index (χ2n) is 5.30. The molecule has 1 unspecified atom stereocenters. The fourth-order valence-electron chi connectivity index (χ4n) is 2.38. The van der Waals surface area contributed by atoms with E-state index in [9.17, 15) is 4.79 Å². The maximum atomic E-state index is 12.7. The van der Waals surface area contributed by atoms with Gasteiger partial charge in [0.25, 0.3) is 0 Å². The number of benzene rings is 2. The third kappa shape index (κ3) is 3.60. The summed E-state index contributed by atoms with van der Waals surface area (Å²) in [6.07, 6.45) is 1.98. The third-order valence-corrected chi connectivity index (χ3v) is 3.66. The number of nitrogens with one attached hydrogen (secondary N) is 1. The summed E-state index contributed by atoms with van der Waals surface area (Å²) in [5, 5.41) is 14.1. The number of nitrogens with zero attached hydrogens (tertiary/aromatic N) is 4. The van der Waals surface area contributed by atoms with Crippen molar-refractivity contribution in [3.63, 3.8) is 0 Å². The third-order valence-electron chi connectivity index (χ3n) is 3.66. The molecule has 116 valence electrons. The van der Waals surface area contributed by atoms with Gasteiger partial charge < -0.3 is 5.32 Å². The number of hydrogen-bond acceptors (Lipinski definition) is 4. The van der Waals surface area contributed by atoms with Gasteiger partial charge in [-0.25, -0.2) is 4.68 Å². The van der Waals surface area contributed by atoms with Crippen LogP contribution in [0.15, 0.2) is 60.9 Å². The van der Waals surface area contributed by atoms with Crippen molar-refractivity contribution < 1.29 is 4.79 Å². The highest BCUT2D eigenvalue weighted by atomic mass is 16.2. The average molecular weight is 307 g/mol. The van der Waals surface area contributed by atoms with Gasteiger partial charge in [0.15, 0.2) is 0 Å². The molecule has 6 heteroatoms. The fourth-order valence-corrected chi connectivity index (χ4v) is 2.38. The molecule has 0 aliphatic heterocycles. The van der Waals surface area contributed by atoms with Gasteiger partial charge in [0.05, 0.1) is 0 Å². The van der Waals surface area contributed by atoms with E-state index < -0.39 is 6.04 Å². The molecule has 3 aromatic rings. The molecule has 1 N–H and O–H groups in total. The van der Waals surface area contributed by atoms with Crippen molar-refractivity contribution in [1.29, 1.82) is 0 Å². The Bertz CT molecular complexity index is 771. The largest absolute Gasteiger partial charge is 0.324 e. The number of para-hydroxylation sites is 1. The number of rotatable bonds is 5. The molecule has 0 aliphatic rings. The summed E-state index contributed by atoms with van der Waals surface area (Å²) in [6.45, 7) is 1.96. The van der Waals surface area contributed by atoms with Gasteiger partial charge in [-0.05, 0) is 34.5 Å². The standard InChI is InChI=1S/C17H17N5O/c1-13-7-5-6-10-15(13)19-17(23)16(22-12-18-20-21-22)11-14-8-3-2-4-9-14/h2-10,12,16H,11H2,1H3,(H,19,23). The maximum absolute atomic E-state index is 12.7. The second kappa shape index (κ2) is 6.83. The number of tetrazole rings is 1. The van der Waals surface area contributed by atoms with Crippen LogP contribution in [0.5, 0.6) is 0 Å². The minimum atomic E-state index is -0.507. The molecule has 0 saturated carbocycles. The van der Waals surface area contributed by atoms with Crippen LogP contribution in [-0.2, 0) is 11.2 Å². The summed E-state index contributed by atoms with van der Waals surface area (Å²) in [4.78, 5) is 12.7. The van der Waals surface area contributed by atoms with E-state index in [1.165, 1.54) is 11.0 Å². The topological polar surface area (TPSA) is 72.7 Å². The Morgan fingerprint density at radius 2 is 1.87 bits per heavy atom. The Labute approximate surface area is 134 Å². The van der Waals surface area contributed by atoms with E-state index >= 15 is 0 Å². The van der Waals surface area contributed by atoms with Crippen LogP contribution in [-0.4, -0.2) is 26.1 Å². The molecule has 2 aromatic carbocycles. The van der Waals surface area contributed by atoms with Gasteiger partial charge in [0, 0.05) is 12.1 Å². The van der Waals surface area contributed by atoms with E-state index in [1.54, 1.807) is 0 Å². The predicted octanol–water partition coefficient (Wildman–Crippen LogP) is 2.40. The van der Waals surface area contributed by atoms with Crippen molar-refractivity contribution >= 4 is 11.6 Å². The van der Waals surface area contributed by atoms with Crippen molar-refractivity contribution in [2.45, 2.75) is 19.4 Å². The van der Waals surface area contributed by atoms with E-state index in [2.05, 4.69) is 20.8 Å². The van der Waals surface area contributed by atoms with Gasteiger partial charge >= 0.3 is 0 Å². The van der Waals surface area contributed by atoms with Crippen molar-refractivity contribution in [2.75, 3.05) is 5.32 Å². The number of aromatic nitrogens is 4. The van der Waals surface area contributed by atoms with Gasteiger partial charge in [0.1, 0.15) is 12.4 Å². The molecule has 6 nitrogen and oxygen atoms in total. The Hall–Kier alpha value is -3.02. The van der Waals surface area contributed by atoms with Gasteiger partial charge in [-0.15, -0.1) is 5.10 Å². The highest BCUT2D eigenvalue weighted by molar-refractivity contribution is 5.94. The lowest BCUT2D eigenvalue weighted by atomic mass is 10.1. The molecule has 23 heavy (non-hydrogen) atoms. The monoisotopic (exact) mass is 307 g/mol. The molecule has 3 rings (SSSR count). The van der Waals surface area contributed by atoms with E-state index in [1.807, 2.05) is 61.5 Å². The molecule has 0 aliphatic carbocycles. The summed E-state index contributed by atoms with van der Waals surface area (Å²) >= 11 is 0. The zero-order valence-electron chi connectivity index (χ0n) is 12.8. The molecule has 1 amide bonds. The van der Waals surface area contributed by atoms with E-state index in [0.717, 1.165) is 16.8 Å². The van der Waals surface area contributed by atoms with Crippen LogP contribution in [0.2, 0.25) is 0 Å². The van der Waals surface area contributed by atoms with Gasteiger partial charge in [0.2, 0.25) is 5.91 Å². The number of amides is 1. The number of carbonyl (C=O) groups is 1. The predicted molar refractivity (Wildman–Crippen MR) is 86.8 cm³/mol. The highest BCUT2D eigenvalue weighted by Crippen LogP contribution is 2.18. The van der Waals surface area contributed by atoms with Gasteiger partial charge in [-0.2, -0.15) is 0 Å². The molecular formula is C17H17N5O. The van der Waals surface area contributed by atoms with Crippen LogP contribution in [0.25, 0.3) is 0 Å². The van der Waals surface area contributed by atoms with Crippen LogP contribution in [0.3, 0.4) is 0 Å². The molecule has 0 fully saturated rings. The summed E-state index contributed by atoms with van der Waals surface area (Å²) in [6, 6.07) is 17.0. The molecule has 1 atom stereocenters. The Morgan fingerprint density at radius 3 is 2.57 bits per heavy atom. The molecule has 0 spiro atoms. The van der Waals surface area contributed by atoms with Crippen LogP contribution in [0.4, 0.5) is 5.69 Å². The zero-order valence-corrected chi connectivity index (χ0v) is 12.8. The van der Waals surface area contributed by atoms with Crippen LogP contribution in [0, 0.1) is 6.92 Å². The highest BCUT2D eigenvalue weighted by Gasteiger charge is 2.22. The van der Waals surface area contributed by atoms with Gasteiger partial charge in [-0.1, -0.05) is 48.5 Å². The van der Waals surface area contributed by atoms with Crippen LogP contribution in [0.1, 0.15) is 17.2 Å². The van der Waals surface area contributed by atoms with Crippen molar-refractivity contribution in [2.24, 2.45) is 0 Å². The van der Waals surface area contributed by atoms with Crippen molar-refractivity contribution in [1.82, 2.24) is 20.2 Å². The molecule has 1 aromatic heterocycles. The quantitative estimate of drug-likeness (QED) is 0.785. The Balaban J connectivity index is 1.83. The first-order valence-corrected chi connectivity index (χ1v) is 7.37. The molecule has 0 saturated heterocycles. The zero-order chi connectivity index (χ0) is 16.1. The molecule has 1 heterocycles. The van der Waals surface area contributed by atoms with Crippen LogP contribution < -0.4 is 5.32 Å². The van der Waals surface area contributed by atoms with E-state index in [0.29, 0.717) is 6.42 Å². The summed E-state index contributed by atoms with van der Waals surface area (Å²) in [7, 11) is 0. The Kier molecular flexibility index (Phi) is 4.42. The van der Waals surface area contributed by atoms with Gasteiger partial charge in [-0.3, -0.25) is 4.79 Å². The Morgan fingerprint density at radius 1 is 1.13 bits per heavy atom. The number of hydrogen-bond donors (Lipinski definition) is 1. The second-order valence-corrected chi connectivity index (χ2v) is 5.30. The minimum Gasteiger partial charge on any atom is -0.324 e. The summed E-state index contributed by atoms with van der Waals surface area (Å²) in [5.41, 5.74) is 2.85. The lowest BCUT2D eigenvalue weighted by Crippen LogP contribution is -2.28. The van der Waals surface area contributed by atoms with Crippen molar-refractivity contribution in [3.05, 3.63) is 72.1 Å². The van der Waals surface area contributed by atoms with Crippen molar-refractivity contribution in [3.8, 4) is 0 Å². The normalized spacial score (nSPS) is 11.9. The summed E-state index contributed by atoms with van der Waals surface area (Å²) in [5.74, 6) is -0.143. The number of aryl methyl sites for hydroxylation is 1. The van der Waals surface area contributed by atoms with E-state index in [-0.39, 0.29) is 5.91 Å². The molecule has 0 radical (unpaired) electrons. The SMILES string of the molecule is Cc1ccccc1NC(=O)C(Cc1ccccc1)n1cnnn1. The fraction of sp³-hybridized carbons (Fsp3) is 0.176. The average Bonchev–Trinajstić information content (AvgIpc) is 3.10. The minimum absolute atomic E-state index is 0.143.